The summed E-state index contributed by atoms with van der Waals surface area (Å²) >= 11 is 2.02. The molecule has 3 heterocycles. The smallest absolute Gasteiger partial charge is 0.264 e. The van der Waals surface area contributed by atoms with Gasteiger partial charge in [0.1, 0.15) is 0 Å². The molecule has 2 nitrogen and oxygen atoms in total. The molecule has 3 aliphatic rings. The number of hydrogen-bond acceptors (Lipinski definition) is 3. The Morgan fingerprint density at radius 3 is 1.45 bits per heavy atom. The molecule has 78 heavy (non-hydrogen) atoms. The third-order valence-electron chi connectivity index (χ3n) is 17.8. The molecule has 1 saturated carbocycles. The molecule has 402 valence electrons. The molecule has 0 N–H and O–H groups in total. The molecule has 8 aromatic rings. The number of rotatable bonds is 5. The molecular formula is C74H87BN2S. The van der Waals surface area contributed by atoms with E-state index in [-0.39, 0.29) is 39.2 Å². The first-order valence-corrected chi connectivity index (χ1v) is 30.3. The van der Waals surface area contributed by atoms with Crippen LogP contribution in [-0.4, -0.2) is 6.71 Å². The average Bonchev–Trinajstić information content (AvgIpc) is 3.92. The highest BCUT2D eigenvalue weighted by Gasteiger charge is 2.47. The number of fused-ring (bicyclic) bond motifs is 6. The van der Waals surface area contributed by atoms with Gasteiger partial charge in [0.2, 0.25) is 0 Å². The van der Waals surface area contributed by atoms with E-state index in [9.17, 15) is 0 Å². The summed E-state index contributed by atoms with van der Waals surface area (Å²) in [6, 6.07) is 53.9. The van der Waals surface area contributed by atoms with Crippen LogP contribution in [0.2, 0.25) is 0 Å². The molecule has 11 rings (SSSR count). The standard InChI is InChI=1S/C74H87BN2S/c1-69(2,3)49-28-24-46(25-29-49)47-26-34-55(35-27-47)76-62-38-32-53(73(13,14)15)43-60(62)75-66-63(76)44-54(74(16,17)18)45-64(66)77(67-59-42-52(72(10,11)12)33-39-65(59)78-68(67)75)61-37-31-51(71(7,8)9)41-58(61)56-36-30-50(70(4,5)6)40-57(56)48-22-20-19-21-23-48/h24-45,48H,19-23H2,1-18H3. The molecule has 4 heteroatoms. The van der Waals surface area contributed by atoms with E-state index in [0.717, 1.165) is 0 Å². The van der Waals surface area contributed by atoms with Crippen molar-refractivity contribution >= 4 is 78.0 Å². The summed E-state index contributed by atoms with van der Waals surface area (Å²) in [5.41, 5.74) is 25.2. The van der Waals surface area contributed by atoms with Crippen molar-refractivity contribution in [2.45, 2.75) is 195 Å². The SMILES string of the molecule is CC(C)(C)c1ccc(-c2ccc(N3c4ccc(C(C)(C)C)cc4B4c5sc6ccc(C(C)(C)C)cc6c5N(c5ccc(C(C)(C)C)cc5-c5ccc(C(C)(C)C)cc5C5CCCCC5)c5cc(C(C)(C)C)cc3c54)cc2)cc1. The maximum absolute atomic E-state index is 2.79. The molecule has 1 aromatic heterocycles. The van der Waals surface area contributed by atoms with Crippen LogP contribution in [0.25, 0.3) is 32.3 Å². The number of anilines is 6. The first-order chi connectivity index (χ1) is 36.5. The Hall–Kier alpha value is -5.84. The lowest BCUT2D eigenvalue weighted by molar-refractivity contribution is 0.443. The highest BCUT2D eigenvalue weighted by molar-refractivity contribution is 7.33. The molecule has 0 atom stereocenters. The number of hydrogen-bond donors (Lipinski definition) is 0. The molecule has 1 fully saturated rings. The minimum absolute atomic E-state index is 0.0149. The minimum atomic E-state index is -0.149. The van der Waals surface area contributed by atoms with Gasteiger partial charge in [0.25, 0.3) is 6.71 Å². The Kier molecular flexibility index (Phi) is 13.1. The summed E-state index contributed by atoms with van der Waals surface area (Å²) in [5, 5.41) is 1.35. The lowest BCUT2D eigenvalue weighted by Crippen LogP contribution is -2.60. The average molecular weight is 1050 g/mol. The van der Waals surface area contributed by atoms with Gasteiger partial charge >= 0.3 is 0 Å². The highest BCUT2D eigenvalue weighted by Crippen LogP contribution is 2.53. The molecular weight excluding hydrogens is 960 g/mol. The lowest BCUT2D eigenvalue weighted by atomic mass is 9.36. The van der Waals surface area contributed by atoms with Gasteiger partial charge in [-0.15, -0.1) is 11.3 Å². The first kappa shape index (κ1) is 54.1. The van der Waals surface area contributed by atoms with Crippen LogP contribution in [0.1, 0.15) is 202 Å². The van der Waals surface area contributed by atoms with Crippen molar-refractivity contribution < 1.29 is 0 Å². The predicted octanol–water partition coefficient (Wildman–Crippen LogP) is 20.2. The van der Waals surface area contributed by atoms with E-state index >= 15 is 0 Å². The second-order valence-corrected chi connectivity index (χ2v) is 30.9. The van der Waals surface area contributed by atoms with Gasteiger partial charge in [-0.3, -0.25) is 0 Å². The monoisotopic (exact) mass is 1050 g/mol. The van der Waals surface area contributed by atoms with Gasteiger partial charge < -0.3 is 9.80 Å². The number of thiophene rings is 1. The van der Waals surface area contributed by atoms with Crippen molar-refractivity contribution in [2.75, 3.05) is 9.80 Å². The van der Waals surface area contributed by atoms with Crippen LogP contribution in [0.4, 0.5) is 34.1 Å². The van der Waals surface area contributed by atoms with Gasteiger partial charge in [-0.1, -0.05) is 223 Å². The number of benzene rings is 7. The van der Waals surface area contributed by atoms with Crippen molar-refractivity contribution in [3.63, 3.8) is 0 Å². The summed E-state index contributed by atoms with van der Waals surface area (Å²) in [5.74, 6) is 0.521. The fourth-order valence-corrected chi connectivity index (χ4v) is 14.1. The van der Waals surface area contributed by atoms with E-state index in [0.29, 0.717) is 5.92 Å². The second-order valence-electron chi connectivity index (χ2n) is 29.8. The number of nitrogens with zero attached hydrogens (tertiary/aromatic N) is 2. The predicted molar refractivity (Wildman–Crippen MR) is 345 cm³/mol. The summed E-state index contributed by atoms with van der Waals surface area (Å²) < 4.78 is 2.77. The largest absolute Gasteiger partial charge is 0.311 e. The first-order valence-electron chi connectivity index (χ1n) is 29.5. The zero-order valence-corrected chi connectivity index (χ0v) is 51.5. The lowest BCUT2D eigenvalue weighted by Gasteiger charge is -2.45. The third-order valence-corrected chi connectivity index (χ3v) is 19.0. The van der Waals surface area contributed by atoms with E-state index in [4.69, 9.17) is 0 Å². The zero-order chi connectivity index (χ0) is 55.8. The Morgan fingerprint density at radius 1 is 0.397 bits per heavy atom. The van der Waals surface area contributed by atoms with Crippen molar-refractivity contribution in [3.05, 3.63) is 172 Å². The van der Waals surface area contributed by atoms with Crippen LogP contribution in [-0.2, 0) is 32.5 Å². The molecule has 0 radical (unpaired) electrons. The molecule has 0 bridgehead atoms. The molecule has 0 amide bonds. The van der Waals surface area contributed by atoms with Gasteiger partial charge in [-0.2, -0.15) is 0 Å². The molecule has 0 unspecified atom stereocenters. The summed E-state index contributed by atoms with van der Waals surface area (Å²) in [4.78, 5) is 5.42. The topological polar surface area (TPSA) is 6.48 Å². The van der Waals surface area contributed by atoms with Crippen LogP contribution in [0.3, 0.4) is 0 Å². The highest BCUT2D eigenvalue weighted by atomic mass is 32.1. The Labute approximate surface area is 474 Å². The van der Waals surface area contributed by atoms with E-state index in [1.165, 1.54) is 153 Å². The molecule has 0 spiro atoms. The maximum Gasteiger partial charge on any atom is 0.264 e. The van der Waals surface area contributed by atoms with E-state index in [1.54, 1.807) is 0 Å². The van der Waals surface area contributed by atoms with Crippen LogP contribution in [0.5, 0.6) is 0 Å². The van der Waals surface area contributed by atoms with E-state index < -0.39 is 0 Å². The summed E-state index contributed by atoms with van der Waals surface area (Å²) in [6.07, 6.45) is 6.40. The quantitative estimate of drug-likeness (QED) is 0.159. The fourth-order valence-electron chi connectivity index (χ4n) is 12.8. The summed E-state index contributed by atoms with van der Waals surface area (Å²) in [6.45, 7) is 42.6. The van der Waals surface area contributed by atoms with E-state index in [1.807, 2.05) is 11.3 Å². The normalized spacial score (nSPS) is 15.4. The third kappa shape index (κ3) is 9.68. The maximum atomic E-state index is 2.79. The van der Waals surface area contributed by atoms with Crippen LogP contribution in [0.15, 0.2) is 133 Å². The van der Waals surface area contributed by atoms with E-state index in [2.05, 4.69) is 268 Å². The van der Waals surface area contributed by atoms with Crippen LogP contribution >= 0.6 is 11.3 Å². The van der Waals surface area contributed by atoms with Gasteiger partial charge in [-0.25, -0.2) is 0 Å². The molecule has 7 aromatic carbocycles. The van der Waals surface area contributed by atoms with Crippen LogP contribution < -0.4 is 25.5 Å². The van der Waals surface area contributed by atoms with Gasteiger partial charge in [0.05, 0.1) is 11.4 Å². The minimum Gasteiger partial charge on any atom is -0.311 e. The second kappa shape index (κ2) is 18.9. The van der Waals surface area contributed by atoms with Gasteiger partial charge in [-0.05, 0) is 172 Å². The van der Waals surface area contributed by atoms with Crippen molar-refractivity contribution in [3.8, 4) is 22.3 Å². The van der Waals surface area contributed by atoms with Gasteiger partial charge in [0.15, 0.2) is 0 Å². The van der Waals surface area contributed by atoms with Crippen molar-refractivity contribution in [2.24, 2.45) is 0 Å². The van der Waals surface area contributed by atoms with Crippen molar-refractivity contribution in [1.82, 2.24) is 0 Å². The molecule has 1 aliphatic carbocycles. The molecule has 0 saturated heterocycles. The van der Waals surface area contributed by atoms with Gasteiger partial charge in [0, 0.05) is 43.2 Å². The Bertz CT molecular complexity index is 3600. The van der Waals surface area contributed by atoms with Crippen LogP contribution in [0, 0.1) is 0 Å². The summed E-state index contributed by atoms with van der Waals surface area (Å²) in [7, 11) is 0. The zero-order valence-electron chi connectivity index (χ0n) is 50.7. The Balaban J connectivity index is 1.25. The molecule has 2 aliphatic heterocycles. The Morgan fingerprint density at radius 2 is 0.872 bits per heavy atom. The fraction of sp³-hybridized carbons (Fsp3) is 0.405. The van der Waals surface area contributed by atoms with Crippen molar-refractivity contribution in [1.29, 1.82) is 0 Å².